The van der Waals surface area contributed by atoms with Crippen molar-refractivity contribution < 1.29 is 28.5 Å². The van der Waals surface area contributed by atoms with E-state index in [9.17, 15) is 9.59 Å². The van der Waals surface area contributed by atoms with Crippen molar-refractivity contribution in [3.63, 3.8) is 0 Å². The van der Waals surface area contributed by atoms with Crippen molar-refractivity contribution >= 4 is 11.6 Å². The van der Waals surface area contributed by atoms with Gasteiger partial charge in [-0.2, -0.15) is 0 Å². The summed E-state index contributed by atoms with van der Waals surface area (Å²) in [5, 5.41) is 0. The molecule has 0 unspecified atom stereocenters. The van der Waals surface area contributed by atoms with E-state index in [1.54, 1.807) is 0 Å². The molecule has 4 aliphatic rings. The Bertz CT molecular complexity index is 654. The molecule has 0 aromatic rings. The predicted molar refractivity (Wildman–Crippen MR) is 110 cm³/mol. The van der Waals surface area contributed by atoms with Crippen LogP contribution in [0, 0.1) is 23.7 Å². The number of rotatable bonds is 3. The summed E-state index contributed by atoms with van der Waals surface area (Å²) in [6.45, 7) is 8.25. The zero-order valence-electron chi connectivity index (χ0n) is 18.4. The molecule has 0 radical (unpaired) electrons. The predicted octanol–water partition coefficient (Wildman–Crippen LogP) is 3.59. The van der Waals surface area contributed by atoms with Gasteiger partial charge in [-0.15, -0.1) is 0 Å². The molecule has 30 heavy (non-hydrogen) atoms. The SMILES string of the molecule is C[C@H]1CC[C@H]([C@@H]2OC=CC(=O)[C@@H]2C)O[C@@H]1[C@H]1O[C@@H]([C@@H]2OC=CC(=O)[C@@H]2C)CC[C@@H]1C. The Morgan fingerprint density at radius 3 is 1.43 bits per heavy atom. The van der Waals surface area contributed by atoms with E-state index in [2.05, 4.69) is 13.8 Å². The standard InChI is InChI=1S/C24H34O6/c1-13-5-7-19(23-15(3)17(25)9-11-27-23)29-21(13)22-14(2)6-8-20(30-22)24-16(4)18(26)10-12-28-24/h9-16,19-24H,5-8H2,1-4H3/t13-,14-,15-,16-,19+,20+,21-,22-,23+,24+/m0/s1. The summed E-state index contributed by atoms with van der Waals surface area (Å²) in [4.78, 5) is 24.3. The highest BCUT2D eigenvalue weighted by Gasteiger charge is 2.47. The van der Waals surface area contributed by atoms with Crippen LogP contribution in [-0.2, 0) is 28.5 Å². The summed E-state index contributed by atoms with van der Waals surface area (Å²) < 4.78 is 24.8. The molecule has 0 aromatic heterocycles. The van der Waals surface area contributed by atoms with Crippen molar-refractivity contribution in [1.82, 2.24) is 0 Å². The lowest BCUT2D eigenvalue weighted by molar-refractivity contribution is -0.227. The summed E-state index contributed by atoms with van der Waals surface area (Å²) in [6, 6.07) is 0. The van der Waals surface area contributed by atoms with Crippen molar-refractivity contribution in [2.45, 2.75) is 90.0 Å². The minimum atomic E-state index is -0.253. The van der Waals surface area contributed by atoms with Gasteiger partial charge in [-0.05, 0) is 37.5 Å². The summed E-state index contributed by atoms with van der Waals surface area (Å²) in [7, 11) is 0. The fraction of sp³-hybridized carbons (Fsp3) is 0.750. The maximum Gasteiger partial charge on any atom is 0.165 e. The molecule has 4 rings (SSSR count). The van der Waals surface area contributed by atoms with Gasteiger partial charge in [0.05, 0.1) is 48.8 Å². The Morgan fingerprint density at radius 2 is 1.03 bits per heavy atom. The Hall–Kier alpha value is -1.66. The highest BCUT2D eigenvalue weighted by atomic mass is 16.6. The summed E-state index contributed by atoms with van der Waals surface area (Å²) in [5.41, 5.74) is 0. The van der Waals surface area contributed by atoms with Crippen LogP contribution in [0.2, 0.25) is 0 Å². The first kappa shape index (κ1) is 21.6. The molecule has 0 aliphatic carbocycles. The quantitative estimate of drug-likeness (QED) is 0.698. The molecular weight excluding hydrogens is 384 g/mol. The second kappa shape index (κ2) is 8.83. The van der Waals surface area contributed by atoms with Gasteiger partial charge in [-0.3, -0.25) is 9.59 Å². The second-order valence-electron chi connectivity index (χ2n) is 9.58. The monoisotopic (exact) mass is 418 g/mol. The molecule has 0 saturated carbocycles. The normalized spacial score (nSPS) is 46.9. The molecule has 0 amide bonds. The number of allylic oxidation sites excluding steroid dienone is 2. The van der Waals surface area contributed by atoms with Crippen molar-refractivity contribution in [2.24, 2.45) is 23.7 Å². The number of hydrogen-bond donors (Lipinski definition) is 0. The zero-order chi connectivity index (χ0) is 21.4. The fourth-order valence-corrected chi connectivity index (χ4v) is 5.35. The fourth-order valence-electron chi connectivity index (χ4n) is 5.35. The molecule has 0 N–H and O–H groups in total. The number of carbonyl (C=O) groups excluding carboxylic acids is 2. The van der Waals surface area contributed by atoms with Crippen LogP contribution < -0.4 is 0 Å². The Labute approximate surface area is 179 Å². The highest BCUT2D eigenvalue weighted by Crippen LogP contribution is 2.40. The van der Waals surface area contributed by atoms with E-state index in [4.69, 9.17) is 18.9 Å². The molecule has 166 valence electrons. The Balaban J connectivity index is 1.47. The first-order valence-corrected chi connectivity index (χ1v) is 11.4. The third-order valence-electron chi connectivity index (χ3n) is 7.47. The zero-order valence-corrected chi connectivity index (χ0v) is 18.4. The first-order chi connectivity index (χ1) is 14.4. The third kappa shape index (κ3) is 4.09. The van der Waals surface area contributed by atoms with Crippen LogP contribution in [0.15, 0.2) is 24.7 Å². The van der Waals surface area contributed by atoms with Crippen LogP contribution in [0.25, 0.3) is 0 Å². The van der Waals surface area contributed by atoms with Crippen LogP contribution in [0.3, 0.4) is 0 Å². The number of ketones is 2. The maximum atomic E-state index is 12.1. The van der Waals surface area contributed by atoms with E-state index in [0.29, 0.717) is 11.8 Å². The van der Waals surface area contributed by atoms with Crippen LogP contribution in [0.1, 0.15) is 53.4 Å². The van der Waals surface area contributed by atoms with Gasteiger partial charge >= 0.3 is 0 Å². The third-order valence-corrected chi connectivity index (χ3v) is 7.47. The average Bonchev–Trinajstić information content (AvgIpc) is 2.73. The van der Waals surface area contributed by atoms with Crippen LogP contribution in [0.5, 0.6) is 0 Å². The molecule has 0 spiro atoms. The summed E-state index contributed by atoms with van der Waals surface area (Å²) in [5.74, 6) is 0.469. The summed E-state index contributed by atoms with van der Waals surface area (Å²) >= 11 is 0. The van der Waals surface area contributed by atoms with Crippen molar-refractivity contribution in [1.29, 1.82) is 0 Å². The minimum absolute atomic E-state index is 0.0662. The Kier molecular flexibility index (Phi) is 6.35. The van der Waals surface area contributed by atoms with Gasteiger partial charge in [0.25, 0.3) is 0 Å². The van der Waals surface area contributed by atoms with Crippen LogP contribution in [0.4, 0.5) is 0 Å². The lowest BCUT2D eigenvalue weighted by atomic mass is 9.79. The molecule has 2 saturated heterocycles. The van der Waals surface area contributed by atoms with E-state index in [1.165, 1.54) is 24.7 Å². The van der Waals surface area contributed by atoms with Gasteiger partial charge < -0.3 is 18.9 Å². The number of hydrogen-bond acceptors (Lipinski definition) is 6. The van der Waals surface area contributed by atoms with E-state index in [0.717, 1.165) is 25.7 Å². The lowest BCUT2D eigenvalue weighted by Gasteiger charge is -2.48. The average molecular weight is 419 g/mol. The van der Waals surface area contributed by atoms with Gasteiger partial charge in [0.2, 0.25) is 0 Å². The van der Waals surface area contributed by atoms with Crippen molar-refractivity contribution in [3.05, 3.63) is 24.7 Å². The van der Waals surface area contributed by atoms with E-state index in [-0.39, 0.29) is 60.0 Å². The molecule has 10 atom stereocenters. The molecule has 4 aliphatic heterocycles. The maximum absolute atomic E-state index is 12.1. The van der Waals surface area contributed by atoms with Gasteiger partial charge in [0, 0.05) is 12.2 Å². The van der Waals surface area contributed by atoms with Crippen molar-refractivity contribution in [3.8, 4) is 0 Å². The van der Waals surface area contributed by atoms with Gasteiger partial charge in [-0.25, -0.2) is 0 Å². The first-order valence-electron chi connectivity index (χ1n) is 11.4. The van der Waals surface area contributed by atoms with Crippen LogP contribution >= 0.6 is 0 Å². The largest absolute Gasteiger partial charge is 0.494 e. The molecule has 4 heterocycles. The smallest absolute Gasteiger partial charge is 0.165 e. The molecule has 6 heteroatoms. The molecule has 6 nitrogen and oxygen atoms in total. The minimum Gasteiger partial charge on any atom is -0.494 e. The van der Waals surface area contributed by atoms with Gasteiger partial charge in [-0.1, -0.05) is 27.7 Å². The van der Waals surface area contributed by atoms with Crippen molar-refractivity contribution in [2.75, 3.05) is 0 Å². The van der Waals surface area contributed by atoms with E-state index < -0.39 is 0 Å². The molecule has 0 bridgehead atoms. The summed E-state index contributed by atoms with van der Waals surface area (Å²) in [6.07, 6.45) is 8.90. The Morgan fingerprint density at radius 1 is 0.633 bits per heavy atom. The van der Waals surface area contributed by atoms with E-state index >= 15 is 0 Å². The lowest BCUT2D eigenvalue weighted by Crippen LogP contribution is -2.55. The van der Waals surface area contributed by atoms with Crippen LogP contribution in [-0.4, -0.2) is 48.2 Å². The van der Waals surface area contributed by atoms with E-state index in [1.807, 2.05) is 13.8 Å². The molecular formula is C24H34O6. The topological polar surface area (TPSA) is 71.1 Å². The molecule has 0 aromatic carbocycles. The molecule has 2 fully saturated rings. The van der Waals surface area contributed by atoms with Gasteiger partial charge in [0.1, 0.15) is 12.2 Å². The van der Waals surface area contributed by atoms with Gasteiger partial charge in [0.15, 0.2) is 11.6 Å². The number of ether oxygens (including phenoxy) is 4. The highest BCUT2D eigenvalue weighted by molar-refractivity contribution is 5.92. The number of carbonyl (C=O) groups is 2. The second-order valence-corrected chi connectivity index (χ2v) is 9.58.